The van der Waals surface area contributed by atoms with Crippen LogP contribution < -0.4 is 0 Å². The Hall–Kier alpha value is -3.66. The molecule has 0 fully saturated rings. The number of halogens is 4. The zero-order valence-corrected chi connectivity index (χ0v) is 16.4. The zero-order chi connectivity index (χ0) is 22.6. The molecule has 3 rings (SSSR count). The number of hydrogen-bond acceptors (Lipinski definition) is 3. The van der Waals surface area contributed by atoms with Gasteiger partial charge < -0.3 is 4.74 Å². The molecule has 7 heteroatoms. The maximum absolute atomic E-state index is 15.4. The molecule has 0 bridgehead atoms. The summed E-state index contributed by atoms with van der Waals surface area (Å²) < 4.78 is 59.5. The summed E-state index contributed by atoms with van der Waals surface area (Å²) in [7, 11) is 0. The Morgan fingerprint density at radius 2 is 1.35 bits per heavy atom. The van der Waals surface area contributed by atoms with Gasteiger partial charge in [0.25, 0.3) is 0 Å². The first-order chi connectivity index (χ1) is 14.6. The normalized spacial score (nSPS) is 14.2. The molecule has 0 amide bonds. The average molecular weight is 427 g/mol. The third kappa shape index (κ3) is 4.75. The van der Waals surface area contributed by atoms with Gasteiger partial charge in [-0.05, 0) is 30.2 Å². The number of nitrogens with zero attached hydrogens (tertiary/aromatic N) is 1. The van der Waals surface area contributed by atoms with Gasteiger partial charge in [-0.15, -0.1) is 0 Å². The molecule has 0 aliphatic rings. The smallest absolute Gasteiger partial charge is 0.416 e. The van der Waals surface area contributed by atoms with Crippen molar-refractivity contribution < 1.29 is 27.1 Å². The summed E-state index contributed by atoms with van der Waals surface area (Å²) in [4.78, 5) is 12.8. The molecular weight excluding hydrogens is 410 g/mol. The molecule has 0 aliphatic heterocycles. The molecule has 0 spiro atoms. The van der Waals surface area contributed by atoms with Crippen LogP contribution in [0.25, 0.3) is 0 Å². The van der Waals surface area contributed by atoms with E-state index in [0.717, 1.165) is 29.8 Å². The Morgan fingerprint density at radius 3 is 1.87 bits per heavy atom. The molecular formula is C24H17F4NO2. The van der Waals surface area contributed by atoms with Crippen LogP contribution in [-0.4, -0.2) is 5.97 Å². The Balaban J connectivity index is 1.98. The second kappa shape index (κ2) is 8.60. The van der Waals surface area contributed by atoms with Crippen LogP contribution in [-0.2, 0) is 21.4 Å². The van der Waals surface area contributed by atoms with E-state index >= 15 is 4.39 Å². The van der Waals surface area contributed by atoms with Gasteiger partial charge in [-0.1, -0.05) is 72.3 Å². The van der Waals surface area contributed by atoms with Gasteiger partial charge in [-0.3, -0.25) is 0 Å². The van der Waals surface area contributed by atoms with Gasteiger partial charge in [0, 0.05) is 5.56 Å². The molecule has 0 aromatic heterocycles. The maximum Gasteiger partial charge on any atom is 0.416 e. The lowest BCUT2D eigenvalue weighted by Gasteiger charge is -2.23. The van der Waals surface area contributed by atoms with Gasteiger partial charge in [0.05, 0.1) is 5.56 Å². The number of esters is 1. The van der Waals surface area contributed by atoms with Gasteiger partial charge in [-0.25, -0.2) is 9.18 Å². The molecule has 31 heavy (non-hydrogen) atoms. The Morgan fingerprint density at radius 1 is 0.839 bits per heavy atom. The Bertz CT molecular complexity index is 1090. The number of benzene rings is 3. The number of alkyl halides is 4. The number of rotatable bonds is 5. The summed E-state index contributed by atoms with van der Waals surface area (Å²) in [5.74, 6) is -1.45. The number of carbonyl (C=O) groups is 1. The third-order valence-corrected chi connectivity index (χ3v) is 4.75. The lowest BCUT2D eigenvalue weighted by atomic mass is 9.95. The third-order valence-electron chi connectivity index (χ3n) is 4.75. The van der Waals surface area contributed by atoms with Gasteiger partial charge in [0.2, 0.25) is 0 Å². The average Bonchev–Trinajstić information content (AvgIpc) is 2.77. The van der Waals surface area contributed by atoms with E-state index in [4.69, 9.17) is 4.74 Å². The van der Waals surface area contributed by atoms with Crippen LogP contribution >= 0.6 is 0 Å². The molecule has 0 N–H and O–H groups in total. The molecule has 0 radical (unpaired) electrons. The molecule has 3 nitrogen and oxygen atoms in total. The highest BCUT2D eigenvalue weighted by atomic mass is 19.4. The number of ether oxygens (including phenoxy) is 1. The quantitative estimate of drug-likeness (QED) is 0.369. The number of nitriles is 1. The van der Waals surface area contributed by atoms with E-state index in [-0.39, 0.29) is 11.1 Å². The minimum absolute atomic E-state index is 0.190. The fourth-order valence-corrected chi connectivity index (χ4v) is 3.00. The minimum Gasteiger partial charge on any atom is -0.449 e. The highest BCUT2D eigenvalue weighted by Crippen LogP contribution is 2.35. The zero-order valence-electron chi connectivity index (χ0n) is 16.4. The number of aryl methyl sites for hydroxylation is 1. The molecule has 0 unspecified atom stereocenters. The summed E-state index contributed by atoms with van der Waals surface area (Å²) in [5.41, 5.74) is -2.70. The van der Waals surface area contributed by atoms with Crippen molar-refractivity contribution in [3.63, 3.8) is 0 Å². The monoisotopic (exact) mass is 427 g/mol. The summed E-state index contributed by atoms with van der Waals surface area (Å²) in [6.07, 6.45) is -5.73. The largest absolute Gasteiger partial charge is 0.449 e. The first-order valence-corrected chi connectivity index (χ1v) is 9.25. The van der Waals surface area contributed by atoms with E-state index in [0.29, 0.717) is 5.56 Å². The van der Waals surface area contributed by atoms with Crippen molar-refractivity contribution in [2.75, 3.05) is 0 Å². The fraction of sp³-hybridized carbons (Fsp3) is 0.167. The molecule has 3 aromatic carbocycles. The van der Waals surface area contributed by atoms with Crippen molar-refractivity contribution in [2.45, 2.75) is 24.9 Å². The van der Waals surface area contributed by atoms with Crippen LogP contribution in [0.1, 0.15) is 33.9 Å². The summed E-state index contributed by atoms with van der Waals surface area (Å²) >= 11 is 0. The van der Waals surface area contributed by atoms with E-state index in [1.165, 1.54) is 18.2 Å². The summed E-state index contributed by atoms with van der Waals surface area (Å²) in [6, 6.07) is 19.3. The summed E-state index contributed by atoms with van der Waals surface area (Å²) in [6.45, 7) is 1.77. The van der Waals surface area contributed by atoms with Gasteiger partial charge >= 0.3 is 17.8 Å². The minimum atomic E-state index is -4.53. The van der Waals surface area contributed by atoms with E-state index < -0.39 is 29.5 Å². The van der Waals surface area contributed by atoms with E-state index in [1.54, 1.807) is 49.4 Å². The van der Waals surface area contributed by atoms with Crippen molar-refractivity contribution in [1.29, 1.82) is 5.26 Å². The standard InChI is InChI=1S/C24H17F4NO2/c1-16-7-11-19(12-8-16)23(25,15-29)22(30)31-21(17-5-3-2-4-6-17)18-9-13-20(14-10-18)24(26,27)28/h2-14,21H,1H3/t21-,23-/m0/s1. The first-order valence-electron chi connectivity index (χ1n) is 9.25. The van der Waals surface area contributed by atoms with Crippen LogP contribution in [0.3, 0.4) is 0 Å². The van der Waals surface area contributed by atoms with Crippen molar-refractivity contribution in [3.8, 4) is 6.07 Å². The summed E-state index contributed by atoms with van der Waals surface area (Å²) in [5, 5.41) is 9.41. The van der Waals surface area contributed by atoms with Crippen molar-refractivity contribution in [1.82, 2.24) is 0 Å². The topological polar surface area (TPSA) is 50.1 Å². The van der Waals surface area contributed by atoms with Gasteiger partial charge in [-0.2, -0.15) is 18.4 Å². The molecule has 0 aliphatic carbocycles. The van der Waals surface area contributed by atoms with Crippen LogP contribution in [0, 0.1) is 18.3 Å². The van der Waals surface area contributed by atoms with Crippen LogP contribution in [0.4, 0.5) is 17.6 Å². The number of carbonyl (C=O) groups excluding carboxylic acids is 1. The molecule has 3 aromatic rings. The van der Waals surface area contributed by atoms with Gasteiger partial charge in [0.1, 0.15) is 6.07 Å². The molecule has 0 saturated heterocycles. The van der Waals surface area contributed by atoms with Crippen molar-refractivity contribution >= 4 is 5.97 Å². The SMILES string of the molecule is Cc1ccc([C@@](F)(C#N)C(=O)O[C@@H](c2ccccc2)c2ccc(C(F)(F)F)cc2)cc1. The highest BCUT2D eigenvalue weighted by molar-refractivity contribution is 5.85. The van der Waals surface area contributed by atoms with Gasteiger partial charge in [0.15, 0.2) is 6.10 Å². The maximum atomic E-state index is 15.4. The molecule has 0 heterocycles. The van der Waals surface area contributed by atoms with E-state index in [9.17, 15) is 23.2 Å². The van der Waals surface area contributed by atoms with Crippen molar-refractivity contribution in [2.24, 2.45) is 0 Å². The lowest BCUT2D eigenvalue weighted by molar-refractivity contribution is -0.158. The second-order valence-corrected chi connectivity index (χ2v) is 6.95. The van der Waals surface area contributed by atoms with Crippen molar-refractivity contribution in [3.05, 3.63) is 107 Å². The van der Waals surface area contributed by atoms with E-state index in [1.807, 2.05) is 0 Å². The number of hydrogen-bond donors (Lipinski definition) is 0. The Kier molecular flexibility index (Phi) is 6.11. The molecule has 0 saturated carbocycles. The molecule has 2 atom stereocenters. The highest BCUT2D eigenvalue weighted by Gasteiger charge is 2.44. The first kappa shape index (κ1) is 22.0. The predicted molar refractivity (Wildman–Crippen MR) is 105 cm³/mol. The fourth-order valence-electron chi connectivity index (χ4n) is 3.00. The van der Waals surface area contributed by atoms with Crippen LogP contribution in [0.2, 0.25) is 0 Å². The van der Waals surface area contributed by atoms with E-state index in [2.05, 4.69) is 0 Å². The van der Waals surface area contributed by atoms with Crippen LogP contribution in [0.15, 0.2) is 78.9 Å². The predicted octanol–water partition coefficient (Wildman–Crippen LogP) is 6.04. The molecule has 158 valence electrons. The lowest BCUT2D eigenvalue weighted by Crippen LogP contribution is -2.32. The van der Waals surface area contributed by atoms with Crippen LogP contribution in [0.5, 0.6) is 0 Å². The Labute approximate surface area is 176 Å². The second-order valence-electron chi connectivity index (χ2n) is 6.95.